The summed E-state index contributed by atoms with van der Waals surface area (Å²) in [7, 11) is 0. The molecule has 140 valence electrons. The zero-order valence-corrected chi connectivity index (χ0v) is 15.3. The largest absolute Gasteiger partial charge is 0.481 e. The summed E-state index contributed by atoms with van der Waals surface area (Å²) in [5.74, 6) is -2.16. The maximum absolute atomic E-state index is 13.0. The first-order valence-corrected chi connectivity index (χ1v) is 9.54. The molecule has 6 nitrogen and oxygen atoms in total. The third-order valence-corrected chi connectivity index (χ3v) is 6.10. The molecular weight excluding hydrogens is 356 g/mol. The topological polar surface area (TPSA) is 70.1 Å². The van der Waals surface area contributed by atoms with Gasteiger partial charge in [-0.2, -0.15) is 0 Å². The van der Waals surface area contributed by atoms with Gasteiger partial charge < -0.3 is 14.7 Å². The van der Waals surface area contributed by atoms with Crippen molar-refractivity contribution in [2.45, 2.75) is 31.6 Å². The molecule has 0 spiro atoms. The van der Waals surface area contributed by atoms with E-state index in [0.29, 0.717) is 13.1 Å². The van der Waals surface area contributed by atoms with Crippen LogP contribution in [-0.4, -0.2) is 65.2 Å². The van der Waals surface area contributed by atoms with Crippen LogP contribution in [0.5, 0.6) is 0 Å². The third-order valence-electron chi connectivity index (χ3n) is 5.85. The number of carboxylic acid groups (broad SMARTS) is 1. The van der Waals surface area contributed by atoms with Gasteiger partial charge in [0.25, 0.3) is 0 Å². The summed E-state index contributed by atoms with van der Waals surface area (Å²) in [5, 5.41) is 10.2. The number of hydrogen-bond acceptors (Lipinski definition) is 4. The molecule has 7 heteroatoms. The predicted molar refractivity (Wildman–Crippen MR) is 95.8 cm³/mol. The highest BCUT2D eigenvalue weighted by atomic mass is 35.5. The van der Waals surface area contributed by atoms with E-state index in [4.69, 9.17) is 16.3 Å². The maximum Gasteiger partial charge on any atom is 0.310 e. The van der Waals surface area contributed by atoms with Crippen LogP contribution in [0.15, 0.2) is 24.3 Å². The summed E-state index contributed by atoms with van der Waals surface area (Å²) < 4.78 is 5.73. The van der Waals surface area contributed by atoms with E-state index in [2.05, 4.69) is 4.90 Å². The van der Waals surface area contributed by atoms with E-state index in [9.17, 15) is 14.7 Å². The number of piperazine rings is 1. The molecule has 3 heterocycles. The number of amides is 1. The van der Waals surface area contributed by atoms with Gasteiger partial charge in [-0.15, -0.1) is 0 Å². The number of rotatable bonds is 4. The van der Waals surface area contributed by atoms with Gasteiger partial charge in [0.2, 0.25) is 5.91 Å². The molecule has 3 aliphatic rings. The van der Waals surface area contributed by atoms with E-state index in [1.807, 2.05) is 29.2 Å². The number of fused-ring (bicyclic) bond motifs is 2. The van der Waals surface area contributed by atoms with Gasteiger partial charge in [0.05, 0.1) is 24.0 Å². The van der Waals surface area contributed by atoms with Crippen LogP contribution < -0.4 is 0 Å². The first-order chi connectivity index (χ1) is 12.5. The van der Waals surface area contributed by atoms with E-state index in [-0.39, 0.29) is 18.1 Å². The fourth-order valence-electron chi connectivity index (χ4n) is 4.49. The number of ether oxygens (including phenoxy) is 1. The number of carbonyl (C=O) groups excluding carboxylic acids is 1. The number of halogens is 1. The molecule has 1 amide bonds. The number of benzene rings is 1. The van der Waals surface area contributed by atoms with Crippen LogP contribution in [0.3, 0.4) is 0 Å². The Balaban J connectivity index is 1.35. The van der Waals surface area contributed by atoms with Crippen molar-refractivity contribution in [3.05, 3.63) is 34.9 Å². The summed E-state index contributed by atoms with van der Waals surface area (Å²) in [6.45, 7) is 3.66. The molecule has 2 bridgehead atoms. The first-order valence-electron chi connectivity index (χ1n) is 9.17. The highest BCUT2D eigenvalue weighted by molar-refractivity contribution is 6.30. The van der Waals surface area contributed by atoms with Gasteiger partial charge in [-0.1, -0.05) is 23.7 Å². The highest BCUT2D eigenvalue weighted by Crippen LogP contribution is 2.44. The van der Waals surface area contributed by atoms with E-state index < -0.39 is 17.8 Å². The molecule has 0 saturated carbocycles. The van der Waals surface area contributed by atoms with Gasteiger partial charge >= 0.3 is 5.97 Å². The lowest BCUT2D eigenvalue weighted by Crippen LogP contribution is -2.53. The summed E-state index contributed by atoms with van der Waals surface area (Å²) >= 11 is 5.92. The molecule has 0 unspecified atom stereocenters. The summed E-state index contributed by atoms with van der Waals surface area (Å²) in [6.07, 6.45) is 1.03. The summed E-state index contributed by atoms with van der Waals surface area (Å²) in [4.78, 5) is 28.7. The second-order valence-corrected chi connectivity index (χ2v) is 7.84. The Kier molecular flexibility index (Phi) is 4.90. The van der Waals surface area contributed by atoms with Crippen LogP contribution >= 0.6 is 11.6 Å². The molecule has 1 aromatic carbocycles. The number of aliphatic carboxylic acids is 1. The highest BCUT2D eigenvalue weighted by Gasteiger charge is 2.56. The lowest BCUT2D eigenvalue weighted by Gasteiger charge is -2.37. The van der Waals surface area contributed by atoms with Crippen molar-refractivity contribution >= 4 is 23.5 Å². The first kappa shape index (κ1) is 17.8. The van der Waals surface area contributed by atoms with Gasteiger partial charge in [-0.3, -0.25) is 14.5 Å². The smallest absolute Gasteiger partial charge is 0.310 e. The lowest BCUT2D eigenvalue weighted by atomic mass is 9.78. The fourth-order valence-corrected chi connectivity index (χ4v) is 4.62. The quantitative estimate of drug-likeness (QED) is 0.866. The molecule has 0 aliphatic carbocycles. The number of nitrogens with zero attached hydrogens (tertiary/aromatic N) is 2. The van der Waals surface area contributed by atoms with E-state index in [1.54, 1.807) is 0 Å². The Hall–Kier alpha value is -1.63. The Morgan fingerprint density at radius 2 is 1.65 bits per heavy atom. The number of hydrogen-bond donors (Lipinski definition) is 1. The van der Waals surface area contributed by atoms with Crippen LogP contribution in [0, 0.1) is 11.8 Å². The van der Waals surface area contributed by atoms with Crippen LogP contribution in [0.1, 0.15) is 18.4 Å². The van der Waals surface area contributed by atoms with Gasteiger partial charge in [0.15, 0.2) is 0 Å². The number of carbonyl (C=O) groups is 2. The Morgan fingerprint density at radius 3 is 2.27 bits per heavy atom. The van der Waals surface area contributed by atoms with Crippen molar-refractivity contribution in [2.24, 2.45) is 11.8 Å². The normalized spacial score (nSPS) is 31.3. The molecule has 1 aromatic rings. The van der Waals surface area contributed by atoms with E-state index in [0.717, 1.165) is 37.5 Å². The molecule has 4 atom stereocenters. The second-order valence-electron chi connectivity index (χ2n) is 7.41. The van der Waals surface area contributed by atoms with Crippen molar-refractivity contribution in [3.63, 3.8) is 0 Å². The molecular formula is C19H23ClN2O4. The molecule has 1 N–H and O–H groups in total. The van der Waals surface area contributed by atoms with Crippen molar-refractivity contribution < 1.29 is 19.4 Å². The zero-order valence-electron chi connectivity index (χ0n) is 14.5. The average molecular weight is 379 g/mol. The minimum atomic E-state index is -0.906. The van der Waals surface area contributed by atoms with Gasteiger partial charge in [-0.05, 0) is 30.5 Å². The Labute approximate surface area is 157 Å². The van der Waals surface area contributed by atoms with Gasteiger partial charge in [-0.25, -0.2) is 0 Å². The van der Waals surface area contributed by atoms with E-state index in [1.165, 1.54) is 5.56 Å². The zero-order chi connectivity index (χ0) is 18.3. The van der Waals surface area contributed by atoms with Crippen molar-refractivity contribution in [1.29, 1.82) is 0 Å². The maximum atomic E-state index is 13.0. The fraction of sp³-hybridized carbons (Fsp3) is 0.579. The average Bonchev–Trinajstić information content (AvgIpc) is 3.25. The van der Waals surface area contributed by atoms with Crippen LogP contribution in [0.4, 0.5) is 0 Å². The minimum Gasteiger partial charge on any atom is -0.481 e. The Bertz CT molecular complexity index is 687. The number of carboxylic acids is 1. The molecule has 3 saturated heterocycles. The monoisotopic (exact) mass is 378 g/mol. The molecule has 3 fully saturated rings. The molecule has 0 aromatic heterocycles. The molecule has 0 radical (unpaired) electrons. The second kappa shape index (κ2) is 7.18. The van der Waals surface area contributed by atoms with E-state index >= 15 is 0 Å². The summed E-state index contributed by atoms with van der Waals surface area (Å²) in [5.41, 5.74) is 1.20. The van der Waals surface area contributed by atoms with Crippen LogP contribution in [0.2, 0.25) is 5.02 Å². The molecule has 26 heavy (non-hydrogen) atoms. The van der Waals surface area contributed by atoms with Gasteiger partial charge in [0.1, 0.15) is 0 Å². The standard InChI is InChI=1S/C19H23ClN2O4/c20-13-3-1-12(2-4-13)11-21-7-9-22(10-8-21)18(23)16-14-5-6-15(26-14)17(16)19(24)25/h1-4,14-17H,5-11H2,(H,24,25)/t14-,15+,16-,17+/m1/s1. The van der Waals surface area contributed by atoms with Crippen molar-refractivity contribution in [2.75, 3.05) is 26.2 Å². The summed E-state index contributed by atoms with van der Waals surface area (Å²) in [6, 6.07) is 7.81. The van der Waals surface area contributed by atoms with Crippen molar-refractivity contribution in [1.82, 2.24) is 9.80 Å². The molecule has 4 rings (SSSR count). The van der Waals surface area contributed by atoms with Gasteiger partial charge in [0, 0.05) is 37.7 Å². The Morgan fingerprint density at radius 1 is 1.04 bits per heavy atom. The lowest BCUT2D eigenvalue weighted by molar-refractivity contribution is -0.151. The molecule has 3 aliphatic heterocycles. The predicted octanol–water partition coefficient (Wildman–Crippen LogP) is 1.86. The SMILES string of the molecule is O=C(O)[C@@H]1[C@H](C(=O)N2CCN(Cc3ccc(Cl)cc3)CC2)[C@H]2CC[C@@H]1O2. The van der Waals surface area contributed by atoms with Crippen LogP contribution in [-0.2, 0) is 20.9 Å². The van der Waals surface area contributed by atoms with Crippen molar-refractivity contribution in [3.8, 4) is 0 Å². The van der Waals surface area contributed by atoms with Crippen LogP contribution in [0.25, 0.3) is 0 Å². The minimum absolute atomic E-state index is 0.0456. The third kappa shape index (κ3) is 3.33.